The molecule has 0 atom stereocenters. The molecule has 3 heterocycles. The van der Waals surface area contributed by atoms with E-state index in [9.17, 15) is 9.90 Å². The Bertz CT molecular complexity index is 1260. The van der Waals surface area contributed by atoms with E-state index in [2.05, 4.69) is 25.5 Å². The first kappa shape index (κ1) is 19.4. The predicted octanol–water partition coefficient (Wildman–Crippen LogP) is 3.49. The van der Waals surface area contributed by atoms with E-state index in [-0.39, 0.29) is 6.03 Å². The summed E-state index contributed by atoms with van der Waals surface area (Å²) >= 11 is 0. The number of amides is 2. The van der Waals surface area contributed by atoms with Gasteiger partial charge in [-0.2, -0.15) is 5.10 Å². The van der Waals surface area contributed by atoms with Crippen LogP contribution in [0.25, 0.3) is 33.1 Å². The monoisotopic (exact) mass is 420 g/mol. The molecule has 0 unspecified atom stereocenters. The molecule has 9 heteroatoms. The van der Waals surface area contributed by atoms with Crippen molar-refractivity contribution in [2.24, 2.45) is 0 Å². The van der Waals surface area contributed by atoms with Crippen LogP contribution in [0.1, 0.15) is 19.8 Å². The quantitative estimate of drug-likeness (QED) is 0.404. The number of nitrogens with one attached hydrogen (secondary N) is 3. The number of hydrogen-bond donors (Lipinski definition) is 4. The van der Waals surface area contributed by atoms with Gasteiger partial charge < -0.3 is 19.7 Å². The first-order chi connectivity index (χ1) is 14.9. The summed E-state index contributed by atoms with van der Waals surface area (Å²) in [4.78, 5) is 22.3. The molecule has 0 spiro atoms. The molecular weight excluding hydrogens is 396 g/mol. The number of carbonyl (C=O) groups excluding carboxylic acids is 1. The van der Waals surface area contributed by atoms with Crippen LogP contribution < -0.4 is 10.1 Å². The topological polar surface area (TPSA) is 119 Å². The molecule has 4 N–H and O–H groups in total. The van der Waals surface area contributed by atoms with Crippen LogP contribution in [0.4, 0.5) is 10.7 Å². The number of aromatic amines is 2. The molecule has 0 radical (unpaired) electrons. The van der Waals surface area contributed by atoms with E-state index >= 15 is 0 Å². The van der Waals surface area contributed by atoms with Crippen molar-refractivity contribution in [2.45, 2.75) is 25.4 Å². The standard InChI is InChI=1S/C22H24N6O3/c1-22(30)8-10-28(11-9-22)21(29)26-20-24-18-14(6-7-17(31-2)19(18)25-20)13-4-3-5-16-15(13)12-23-27-16/h3-7,12,30H,8-11H2,1-2H3,(H,23,27)(H2,24,25,26,29). The molecule has 2 amide bonds. The smallest absolute Gasteiger partial charge is 0.324 e. The summed E-state index contributed by atoms with van der Waals surface area (Å²) in [6.07, 6.45) is 2.89. The van der Waals surface area contributed by atoms with Gasteiger partial charge in [0.15, 0.2) is 0 Å². The van der Waals surface area contributed by atoms with Crippen LogP contribution in [0, 0.1) is 0 Å². The largest absolute Gasteiger partial charge is 0.494 e. The van der Waals surface area contributed by atoms with Crippen LogP contribution in [0.5, 0.6) is 5.75 Å². The zero-order chi connectivity index (χ0) is 21.6. The van der Waals surface area contributed by atoms with Crippen molar-refractivity contribution in [2.75, 3.05) is 25.5 Å². The zero-order valence-electron chi connectivity index (χ0n) is 17.4. The predicted molar refractivity (Wildman–Crippen MR) is 118 cm³/mol. The van der Waals surface area contributed by atoms with E-state index in [1.807, 2.05) is 30.3 Å². The lowest BCUT2D eigenvalue weighted by molar-refractivity contribution is 0.00569. The second-order valence-electron chi connectivity index (χ2n) is 8.18. The number of benzene rings is 2. The molecule has 1 aliphatic heterocycles. The molecule has 1 aliphatic rings. The van der Waals surface area contributed by atoms with E-state index in [1.54, 1.807) is 25.1 Å². The van der Waals surface area contributed by atoms with Crippen LogP contribution in [0.3, 0.4) is 0 Å². The van der Waals surface area contributed by atoms with Gasteiger partial charge in [0.2, 0.25) is 5.95 Å². The first-order valence-corrected chi connectivity index (χ1v) is 10.2. The van der Waals surface area contributed by atoms with Crippen LogP contribution in [0.2, 0.25) is 0 Å². The van der Waals surface area contributed by atoms with Crippen molar-refractivity contribution in [3.8, 4) is 16.9 Å². The van der Waals surface area contributed by atoms with Crippen LogP contribution in [-0.4, -0.2) is 62.0 Å². The Balaban J connectivity index is 1.51. The number of anilines is 1. The highest BCUT2D eigenvalue weighted by Gasteiger charge is 2.30. The van der Waals surface area contributed by atoms with Crippen LogP contribution in [0.15, 0.2) is 36.5 Å². The van der Waals surface area contributed by atoms with Gasteiger partial charge in [0.05, 0.1) is 24.4 Å². The third kappa shape index (κ3) is 3.46. The number of aliphatic hydroxyl groups is 1. The van der Waals surface area contributed by atoms with Crippen molar-refractivity contribution < 1.29 is 14.6 Å². The lowest BCUT2D eigenvalue weighted by Crippen LogP contribution is -2.46. The van der Waals surface area contributed by atoms with E-state index in [1.165, 1.54) is 0 Å². The highest BCUT2D eigenvalue weighted by atomic mass is 16.5. The number of rotatable bonds is 3. The second kappa shape index (κ2) is 7.28. The Kier molecular flexibility index (Phi) is 4.55. The fourth-order valence-corrected chi connectivity index (χ4v) is 4.09. The molecule has 9 nitrogen and oxygen atoms in total. The number of aromatic nitrogens is 4. The average Bonchev–Trinajstić information content (AvgIpc) is 3.39. The highest BCUT2D eigenvalue weighted by molar-refractivity contribution is 6.04. The summed E-state index contributed by atoms with van der Waals surface area (Å²) in [7, 11) is 1.60. The lowest BCUT2D eigenvalue weighted by Gasteiger charge is -2.35. The average molecular weight is 420 g/mol. The van der Waals surface area contributed by atoms with Crippen molar-refractivity contribution in [3.63, 3.8) is 0 Å². The fraction of sp³-hybridized carbons (Fsp3) is 0.318. The Hall–Kier alpha value is -3.59. The minimum Gasteiger partial charge on any atom is -0.494 e. The van der Waals surface area contributed by atoms with E-state index in [4.69, 9.17) is 4.74 Å². The summed E-state index contributed by atoms with van der Waals surface area (Å²) in [6, 6.07) is 9.55. The van der Waals surface area contributed by atoms with Crippen LogP contribution >= 0.6 is 0 Å². The molecule has 0 saturated carbocycles. The number of carbonyl (C=O) groups is 1. The van der Waals surface area contributed by atoms with Gasteiger partial charge in [-0.1, -0.05) is 12.1 Å². The molecule has 31 heavy (non-hydrogen) atoms. The molecule has 5 rings (SSSR count). The first-order valence-electron chi connectivity index (χ1n) is 10.2. The summed E-state index contributed by atoms with van der Waals surface area (Å²) in [5.74, 6) is 0.989. The minimum atomic E-state index is -0.716. The molecule has 0 aliphatic carbocycles. The van der Waals surface area contributed by atoms with Gasteiger partial charge in [-0.05, 0) is 43.5 Å². The van der Waals surface area contributed by atoms with E-state index in [0.717, 1.165) is 22.0 Å². The molecule has 0 bridgehead atoms. The zero-order valence-corrected chi connectivity index (χ0v) is 17.4. The Morgan fingerprint density at radius 2 is 2.03 bits per heavy atom. The lowest BCUT2D eigenvalue weighted by atomic mass is 9.94. The minimum absolute atomic E-state index is 0.244. The maximum absolute atomic E-state index is 12.7. The molecule has 1 saturated heterocycles. The van der Waals surface area contributed by atoms with Gasteiger partial charge in [-0.25, -0.2) is 9.78 Å². The fourth-order valence-electron chi connectivity index (χ4n) is 4.09. The van der Waals surface area contributed by atoms with Gasteiger partial charge in [0, 0.05) is 24.0 Å². The Labute approximate surface area is 178 Å². The van der Waals surface area contributed by atoms with Crippen molar-refractivity contribution in [3.05, 3.63) is 36.5 Å². The van der Waals surface area contributed by atoms with Gasteiger partial charge in [0.25, 0.3) is 0 Å². The summed E-state index contributed by atoms with van der Waals surface area (Å²) < 4.78 is 5.51. The second-order valence-corrected chi connectivity index (χ2v) is 8.18. The highest BCUT2D eigenvalue weighted by Crippen LogP contribution is 2.36. The van der Waals surface area contributed by atoms with Gasteiger partial charge in [-0.15, -0.1) is 0 Å². The molecule has 1 fully saturated rings. The molecule has 2 aromatic heterocycles. The Morgan fingerprint density at radius 1 is 1.23 bits per heavy atom. The normalized spacial score (nSPS) is 16.0. The summed E-state index contributed by atoms with van der Waals surface area (Å²) in [5.41, 5.74) is 3.52. The van der Waals surface area contributed by atoms with E-state index in [0.29, 0.717) is 48.7 Å². The third-order valence-corrected chi connectivity index (χ3v) is 5.95. The van der Waals surface area contributed by atoms with Crippen molar-refractivity contribution in [1.82, 2.24) is 25.1 Å². The number of likely N-dealkylation sites (tertiary alicyclic amines) is 1. The van der Waals surface area contributed by atoms with Crippen LogP contribution in [-0.2, 0) is 0 Å². The molecular formula is C22H24N6O3. The number of methoxy groups -OCH3 is 1. The number of fused-ring (bicyclic) bond motifs is 2. The molecule has 160 valence electrons. The molecule has 4 aromatic rings. The number of ether oxygens (including phenoxy) is 1. The number of nitrogens with zero attached hydrogens (tertiary/aromatic N) is 3. The van der Waals surface area contributed by atoms with E-state index < -0.39 is 5.60 Å². The molecule has 2 aromatic carbocycles. The summed E-state index contributed by atoms with van der Waals surface area (Å²) in [5, 5.41) is 21.1. The maximum Gasteiger partial charge on any atom is 0.324 e. The Morgan fingerprint density at radius 3 is 2.81 bits per heavy atom. The number of piperidine rings is 1. The number of H-pyrrole nitrogens is 2. The van der Waals surface area contributed by atoms with Crippen molar-refractivity contribution in [1.29, 1.82) is 0 Å². The number of imidazole rings is 1. The van der Waals surface area contributed by atoms with Crippen molar-refractivity contribution >= 4 is 33.9 Å². The third-order valence-electron chi connectivity index (χ3n) is 5.95. The van der Waals surface area contributed by atoms with Gasteiger partial charge in [-0.3, -0.25) is 10.4 Å². The number of hydrogen-bond acceptors (Lipinski definition) is 5. The van der Waals surface area contributed by atoms with Gasteiger partial charge in [0.1, 0.15) is 16.8 Å². The summed E-state index contributed by atoms with van der Waals surface area (Å²) in [6.45, 7) is 2.79. The number of urea groups is 1. The van der Waals surface area contributed by atoms with Gasteiger partial charge >= 0.3 is 6.03 Å². The SMILES string of the molecule is COc1ccc(-c2cccc3[nH]ncc23)c2nc(NC(=O)N3CCC(C)(O)CC3)[nH]c12. The maximum atomic E-state index is 12.7.